The summed E-state index contributed by atoms with van der Waals surface area (Å²) in [6.45, 7) is 1.56. The second kappa shape index (κ2) is 9.66. The van der Waals surface area contributed by atoms with Crippen LogP contribution in [0, 0.1) is 0 Å². The predicted molar refractivity (Wildman–Crippen MR) is 122 cm³/mol. The topological polar surface area (TPSA) is 79.4 Å². The number of carbonyl (C=O) groups is 1. The molecule has 0 bridgehead atoms. The minimum Gasteiger partial charge on any atom is -0.497 e. The van der Waals surface area contributed by atoms with E-state index in [4.69, 9.17) is 16.3 Å². The number of nitrogens with one attached hydrogen (secondary N) is 2. The fourth-order valence-electron chi connectivity index (χ4n) is 3.89. The number of halogens is 1. The van der Waals surface area contributed by atoms with Crippen LogP contribution in [0.2, 0.25) is 5.02 Å². The molecule has 1 unspecified atom stereocenters. The van der Waals surface area contributed by atoms with Crippen LogP contribution in [0.4, 0.5) is 16.2 Å². The molecular formula is C23H24ClN5O2. The fraction of sp³-hybridized carbons (Fsp3) is 0.261. The van der Waals surface area contributed by atoms with Gasteiger partial charge in [-0.1, -0.05) is 23.7 Å². The second-order valence-corrected chi connectivity index (χ2v) is 7.86. The average Bonchev–Trinajstić information content (AvgIpc) is 2.81. The molecule has 0 saturated carbocycles. The highest BCUT2D eigenvalue weighted by Gasteiger charge is 2.32. The van der Waals surface area contributed by atoms with Gasteiger partial charge >= 0.3 is 6.03 Å². The fourth-order valence-corrected chi connectivity index (χ4v) is 4.01. The SMILES string of the molecule is COc1ccc(C2CN(c3ccnnc3)CC[C@H]2NC(=O)Nc2ccc(Cl)cc2)cc1. The summed E-state index contributed by atoms with van der Waals surface area (Å²) in [5.74, 6) is 0.906. The van der Waals surface area contributed by atoms with Crippen molar-refractivity contribution in [3.63, 3.8) is 0 Å². The van der Waals surface area contributed by atoms with Gasteiger partial charge in [-0.2, -0.15) is 10.2 Å². The third-order valence-corrected chi connectivity index (χ3v) is 5.76. The summed E-state index contributed by atoms with van der Waals surface area (Å²) in [7, 11) is 1.65. The number of methoxy groups -OCH3 is 1. The van der Waals surface area contributed by atoms with Crippen molar-refractivity contribution < 1.29 is 9.53 Å². The highest BCUT2D eigenvalue weighted by Crippen LogP contribution is 2.31. The van der Waals surface area contributed by atoms with Crippen LogP contribution in [-0.2, 0) is 0 Å². The van der Waals surface area contributed by atoms with Gasteiger partial charge in [0.25, 0.3) is 0 Å². The third kappa shape index (κ3) is 5.24. The molecule has 2 amide bonds. The molecular weight excluding hydrogens is 414 g/mol. The van der Waals surface area contributed by atoms with Gasteiger partial charge in [-0.3, -0.25) is 0 Å². The summed E-state index contributed by atoms with van der Waals surface area (Å²) >= 11 is 5.93. The summed E-state index contributed by atoms with van der Waals surface area (Å²) in [6, 6.07) is 16.8. The molecule has 1 fully saturated rings. The molecule has 7 nitrogen and oxygen atoms in total. The first kappa shape index (κ1) is 20.9. The van der Waals surface area contributed by atoms with Gasteiger partial charge < -0.3 is 20.3 Å². The molecule has 31 heavy (non-hydrogen) atoms. The number of rotatable bonds is 5. The molecule has 1 saturated heterocycles. The number of benzene rings is 2. The Bertz CT molecular complexity index is 999. The number of amides is 2. The first-order valence-electron chi connectivity index (χ1n) is 10.1. The number of piperidine rings is 1. The molecule has 1 aliphatic rings. The predicted octanol–water partition coefficient (Wildman–Crippen LogP) is 4.32. The zero-order chi connectivity index (χ0) is 21.6. The summed E-state index contributed by atoms with van der Waals surface area (Å²) in [5.41, 5.74) is 2.87. The van der Waals surface area contributed by atoms with Crippen molar-refractivity contribution in [3.05, 3.63) is 77.6 Å². The lowest BCUT2D eigenvalue weighted by Crippen LogP contribution is -2.50. The number of carbonyl (C=O) groups excluding carboxylic acids is 1. The van der Waals surface area contributed by atoms with Gasteiger partial charge in [-0.05, 0) is 54.4 Å². The maximum absolute atomic E-state index is 12.7. The van der Waals surface area contributed by atoms with Crippen LogP contribution in [0.3, 0.4) is 0 Å². The Labute approximate surface area is 186 Å². The van der Waals surface area contributed by atoms with Crippen molar-refractivity contribution in [1.82, 2.24) is 15.5 Å². The average molecular weight is 438 g/mol. The van der Waals surface area contributed by atoms with Gasteiger partial charge in [0.15, 0.2) is 0 Å². The highest BCUT2D eigenvalue weighted by atomic mass is 35.5. The number of aromatic nitrogens is 2. The van der Waals surface area contributed by atoms with Crippen LogP contribution in [-0.4, -0.2) is 42.5 Å². The van der Waals surface area contributed by atoms with Crippen molar-refractivity contribution in [3.8, 4) is 5.75 Å². The minimum atomic E-state index is -0.232. The summed E-state index contributed by atoms with van der Waals surface area (Å²) in [4.78, 5) is 15.0. The Morgan fingerprint density at radius 1 is 1.10 bits per heavy atom. The van der Waals surface area contributed by atoms with E-state index < -0.39 is 0 Å². The largest absolute Gasteiger partial charge is 0.497 e. The molecule has 160 valence electrons. The smallest absolute Gasteiger partial charge is 0.319 e. The Morgan fingerprint density at radius 2 is 1.87 bits per heavy atom. The number of urea groups is 1. The third-order valence-electron chi connectivity index (χ3n) is 5.51. The quantitative estimate of drug-likeness (QED) is 0.621. The lowest BCUT2D eigenvalue weighted by Gasteiger charge is -2.40. The summed E-state index contributed by atoms with van der Waals surface area (Å²) in [5, 5.41) is 14.6. The number of hydrogen-bond donors (Lipinski definition) is 2. The second-order valence-electron chi connectivity index (χ2n) is 7.43. The van der Waals surface area contributed by atoms with Gasteiger partial charge in [0.2, 0.25) is 0 Å². The van der Waals surface area contributed by atoms with Crippen molar-refractivity contribution in [2.45, 2.75) is 18.4 Å². The molecule has 3 aromatic rings. The van der Waals surface area contributed by atoms with E-state index in [0.717, 1.165) is 36.5 Å². The van der Waals surface area contributed by atoms with Crippen molar-refractivity contribution >= 4 is 29.0 Å². The van der Waals surface area contributed by atoms with Crippen molar-refractivity contribution in [2.75, 3.05) is 30.4 Å². The number of nitrogens with zero attached hydrogens (tertiary/aromatic N) is 3. The van der Waals surface area contributed by atoms with Crippen LogP contribution < -0.4 is 20.3 Å². The molecule has 0 spiro atoms. The van der Waals surface area contributed by atoms with Crippen LogP contribution in [0.25, 0.3) is 0 Å². The van der Waals surface area contributed by atoms with Gasteiger partial charge in [-0.25, -0.2) is 4.79 Å². The highest BCUT2D eigenvalue weighted by molar-refractivity contribution is 6.30. The van der Waals surface area contributed by atoms with Crippen molar-refractivity contribution in [1.29, 1.82) is 0 Å². The Balaban J connectivity index is 1.51. The van der Waals surface area contributed by atoms with Gasteiger partial charge in [0.1, 0.15) is 5.75 Å². The Kier molecular flexibility index (Phi) is 6.52. The van der Waals surface area contributed by atoms with E-state index in [9.17, 15) is 4.79 Å². The maximum atomic E-state index is 12.7. The first-order valence-corrected chi connectivity index (χ1v) is 10.5. The maximum Gasteiger partial charge on any atom is 0.319 e. The Morgan fingerprint density at radius 3 is 2.55 bits per heavy atom. The summed E-state index contributed by atoms with van der Waals surface area (Å²) < 4.78 is 5.30. The van der Waals surface area contributed by atoms with Crippen LogP contribution >= 0.6 is 11.6 Å². The molecule has 8 heteroatoms. The van der Waals surface area contributed by atoms with Gasteiger partial charge in [0.05, 0.1) is 25.2 Å². The number of anilines is 2. The van der Waals surface area contributed by atoms with E-state index >= 15 is 0 Å². The molecule has 0 aliphatic carbocycles. The van der Waals surface area contributed by atoms with E-state index in [1.807, 2.05) is 18.2 Å². The monoisotopic (exact) mass is 437 g/mol. The zero-order valence-corrected chi connectivity index (χ0v) is 17.9. The van der Waals surface area contributed by atoms with Crippen LogP contribution in [0.5, 0.6) is 5.75 Å². The molecule has 2 aromatic carbocycles. The van der Waals surface area contributed by atoms with E-state index in [0.29, 0.717) is 10.7 Å². The van der Waals surface area contributed by atoms with E-state index in [2.05, 4.69) is 37.9 Å². The molecule has 4 rings (SSSR count). The standard InChI is InChI=1S/C23H24ClN5O2/c1-31-20-8-2-16(3-9-20)21-15-29(19-10-12-25-26-14-19)13-11-22(21)28-23(30)27-18-6-4-17(24)5-7-18/h2-10,12,14,21-22H,11,13,15H2,1H3,(H2,27,28,30)/t21?,22-/m1/s1. The van der Waals surface area contributed by atoms with Gasteiger partial charge in [-0.15, -0.1) is 0 Å². The number of hydrogen-bond acceptors (Lipinski definition) is 5. The summed E-state index contributed by atoms with van der Waals surface area (Å²) in [6.07, 6.45) is 4.26. The molecule has 0 radical (unpaired) electrons. The normalized spacial score (nSPS) is 18.3. The van der Waals surface area contributed by atoms with Crippen LogP contribution in [0.1, 0.15) is 17.9 Å². The molecule has 1 aromatic heterocycles. The first-order chi connectivity index (χ1) is 15.1. The molecule has 2 N–H and O–H groups in total. The van der Waals surface area contributed by atoms with Crippen LogP contribution in [0.15, 0.2) is 67.0 Å². The van der Waals surface area contributed by atoms with E-state index in [1.54, 1.807) is 43.8 Å². The number of ether oxygens (including phenoxy) is 1. The van der Waals surface area contributed by atoms with Gasteiger partial charge in [0, 0.05) is 35.8 Å². The Hall–Kier alpha value is -3.32. The van der Waals surface area contributed by atoms with E-state index in [-0.39, 0.29) is 18.0 Å². The zero-order valence-electron chi connectivity index (χ0n) is 17.2. The minimum absolute atomic E-state index is 0.0215. The lowest BCUT2D eigenvalue weighted by atomic mass is 9.85. The molecule has 2 atom stereocenters. The lowest BCUT2D eigenvalue weighted by molar-refractivity contribution is 0.243. The molecule has 1 aliphatic heterocycles. The van der Waals surface area contributed by atoms with Crippen molar-refractivity contribution in [2.24, 2.45) is 0 Å². The van der Waals surface area contributed by atoms with E-state index in [1.165, 1.54) is 0 Å². The molecule has 2 heterocycles.